The van der Waals surface area contributed by atoms with Crippen LogP contribution in [0.15, 0.2) is 53.8 Å². The second-order valence-corrected chi connectivity index (χ2v) is 12.8. The van der Waals surface area contributed by atoms with Crippen LogP contribution in [-0.2, 0) is 17.1 Å². The summed E-state index contributed by atoms with van der Waals surface area (Å²) in [5.74, 6) is -0.295. The van der Waals surface area contributed by atoms with Crippen LogP contribution in [-0.4, -0.2) is 68.6 Å². The summed E-state index contributed by atoms with van der Waals surface area (Å²) in [5.41, 5.74) is 3.83. The number of hydrogen-bond acceptors (Lipinski definition) is 6. The summed E-state index contributed by atoms with van der Waals surface area (Å²) in [6.45, 7) is 10.7. The summed E-state index contributed by atoms with van der Waals surface area (Å²) < 4.78 is 43.6. The van der Waals surface area contributed by atoms with Crippen molar-refractivity contribution in [3.8, 4) is 5.69 Å². The van der Waals surface area contributed by atoms with Gasteiger partial charge in [0.25, 0.3) is 10.0 Å². The van der Waals surface area contributed by atoms with Gasteiger partial charge in [0.1, 0.15) is 5.82 Å². The van der Waals surface area contributed by atoms with Crippen LogP contribution in [0.1, 0.15) is 37.9 Å². The SMILES string of the molecule is Cc1cc2c(cnn2-c2ccc(F)cc2)cc1C1CN(S(=O)(=O)c2cnn(C)n2)CCN1CC(C)(C)C. The molecule has 0 spiro atoms. The topological polar surface area (TPSA) is 89.2 Å². The van der Waals surface area contributed by atoms with Crippen molar-refractivity contribution in [3.63, 3.8) is 0 Å². The lowest BCUT2D eigenvalue weighted by molar-refractivity contribution is 0.0817. The quantitative estimate of drug-likeness (QED) is 0.395. The molecule has 0 radical (unpaired) electrons. The molecule has 11 heteroatoms. The van der Waals surface area contributed by atoms with E-state index in [4.69, 9.17) is 0 Å². The Kier molecular flexibility index (Phi) is 6.41. The van der Waals surface area contributed by atoms with Gasteiger partial charge < -0.3 is 0 Å². The van der Waals surface area contributed by atoms with E-state index >= 15 is 0 Å². The minimum absolute atomic E-state index is 0.0363. The van der Waals surface area contributed by atoms with Crippen LogP contribution >= 0.6 is 0 Å². The van der Waals surface area contributed by atoms with E-state index in [-0.39, 0.29) is 22.3 Å². The molecule has 2 aromatic carbocycles. The monoisotopic (exact) mass is 525 g/mol. The Morgan fingerprint density at radius 1 is 1.05 bits per heavy atom. The predicted molar refractivity (Wildman–Crippen MR) is 139 cm³/mol. The molecule has 0 N–H and O–H groups in total. The van der Waals surface area contributed by atoms with E-state index in [1.165, 1.54) is 27.4 Å². The lowest BCUT2D eigenvalue weighted by Gasteiger charge is -2.43. The number of halogens is 1. The maximum absolute atomic E-state index is 13.5. The van der Waals surface area contributed by atoms with Gasteiger partial charge in [-0.1, -0.05) is 20.8 Å². The summed E-state index contributed by atoms with van der Waals surface area (Å²) in [6.07, 6.45) is 3.10. The number of piperazine rings is 1. The van der Waals surface area contributed by atoms with E-state index in [9.17, 15) is 12.8 Å². The largest absolute Gasteiger partial charge is 0.293 e. The van der Waals surface area contributed by atoms with Gasteiger partial charge in [-0.05, 0) is 59.9 Å². The lowest BCUT2D eigenvalue weighted by Crippen LogP contribution is -2.52. The van der Waals surface area contributed by atoms with Crippen molar-refractivity contribution < 1.29 is 12.8 Å². The Morgan fingerprint density at radius 3 is 2.43 bits per heavy atom. The number of rotatable bonds is 5. The van der Waals surface area contributed by atoms with E-state index in [0.717, 1.165) is 34.3 Å². The minimum atomic E-state index is -3.77. The fourth-order valence-electron chi connectivity index (χ4n) is 5.03. The molecule has 1 aliphatic rings. The van der Waals surface area contributed by atoms with Crippen molar-refractivity contribution in [2.24, 2.45) is 12.5 Å². The van der Waals surface area contributed by atoms with Crippen LogP contribution in [0.25, 0.3) is 16.6 Å². The van der Waals surface area contributed by atoms with E-state index in [2.05, 4.69) is 53.1 Å². The number of nitrogens with zero attached hydrogens (tertiary/aromatic N) is 7. The van der Waals surface area contributed by atoms with Crippen molar-refractivity contribution in [1.29, 1.82) is 0 Å². The fourth-order valence-corrected chi connectivity index (χ4v) is 6.35. The first-order valence-electron chi connectivity index (χ1n) is 12.3. The van der Waals surface area contributed by atoms with Crippen molar-refractivity contribution in [1.82, 2.24) is 34.0 Å². The Hall–Kier alpha value is -3.15. The average molecular weight is 526 g/mol. The van der Waals surface area contributed by atoms with Gasteiger partial charge >= 0.3 is 0 Å². The molecule has 5 rings (SSSR count). The molecule has 4 aromatic rings. The molecule has 3 heterocycles. The summed E-state index contributed by atoms with van der Waals surface area (Å²) in [6, 6.07) is 10.3. The second-order valence-electron chi connectivity index (χ2n) is 10.9. The summed E-state index contributed by atoms with van der Waals surface area (Å²) in [5, 5.41) is 13.5. The van der Waals surface area contributed by atoms with Crippen LogP contribution in [0.2, 0.25) is 0 Å². The maximum atomic E-state index is 13.5. The third kappa shape index (κ3) is 5.03. The third-order valence-corrected chi connectivity index (χ3v) is 8.43. The summed E-state index contributed by atoms with van der Waals surface area (Å²) >= 11 is 0. The third-order valence-electron chi connectivity index (χ3n) is 6.70. The van der Waals surface area contributed by atoms with Gasteiger partial charge in [-0.25, -0.2) is 17.5 Å². The van der Waals surface area contributed by atoms with E-state index in [1.54, 1.807) is 30.1 Å². The molecule has 0 amide bonds. The average Bonchev–Trinajstić information content (AvgIpc) is 3.45. The van der Waals surface area contributed by atoms with Gasteiger partial charge in [-0.3, -0.25) is 4.90 Å². The molecule has 0 bridgehead atoms. The number of aromatic nitrogens is 5. The molecular weight excluding hydrogens is 493 g/mol. The molecule has 0 aliphatic carbocycles. The summed E-state index contributed by atoms with van der Waals surface area (Å²) in [4.78, 5) is 3.64. The van der Waals surface area contributed by atoms with Crippen LogP contribution in [0, 0.1) is 18.2 Å². The number of aryl methyl sites for hydroxylation is 2. The molecular formula is C26H32FN7O2S. The first kappa shape index (κ1) is 25.5. The van der Waals surface area contributed by atoms with Crippen molar-refractivity contribution in [2.45, 2.75) is 38.8 Å². The minimum Gasteiger partial charge on any atom is -0.293 e. The lowest BCUT2D eigenvalue weighted by atomic mass is 9.91. The molecule has 37 heavy (non-hydrogen) atoms. The van der Waals surface area contributed by atoms with Gasteiger partial charge in [0, 0.05) is 44.7 Å². The van der Waals surface area contributed by atoms with Crippen molar-refractivity contribution in [3.05, 3.63) is 65.7 Å². The highest BCUT2D eigenvalue weighted by molar-refractivity contribution is 7.89. The van der Waals surface area contributed by atoms with Gasteiger partial charge in [0.05, 0.1) is 23.6 Å². The molecule has 1 saturated heterocycles. The van der Waals surface area contributed by atoms with Gasteiger partial charge in [0.2, 0.25) is 5.03 Å². The standard InChI is InChI=1S/C26H32FN7O2S/c1-18-12-23-19(14-29-34(23)21-8-6-20(27)7-9-21)13-22(18)24-16-33(11-10-32(24)17-26(2,3)4)37(35,36)25-15-28-31(5)30-25/h6-9,12-15,24H,10-11,16-17H2,1-5H3. The number of hydrogen-bond donors (Lipinski definition) is 0. The fraction of sp³-hybridized carbons (Fsp3) is 0.423. The zero-order chi connectivity index (χ0) is 26.5. The maximum Gasteiger partial charge on any atom is 0.264 e. The highest BCUT2D eigenvalue weighted by Crippen LogP contribution is 2.35. The molecule has 1 unspecified atom stereocenters. The number of sulfonamides is 1. The molecule has 9 nitrogen and oxygen atoms in total. The molecule has 1 fully saturated rings. The van der Waals surface area contributed by atoms with Crippen molar-refractivity contribution in [2.75, 3.05) is 26.2 Å². The van der Waals surface area contributed by atoms with Crippen LogP contribution in [0.4, 0.5) is 4.39 Å². The van der Waals surface area contributed by atoms with E-state index < -0.39 is 10.0 Å². The molecule has 0 saturated carbocycles. The van der Waals surface area contributed by atoms with Crippen LogP contribution in [0.3, 0.4) is 0 Å². The first-order chi connectivity index (χ1) is 17.4. The molecule has 1 aliphatic heterocycles. The Labute approximate surface area is 216 Å². The first-order valence-corrected chi connectivity index (χ1v) is 13.7. The number of benzene rings is 2. The highest BCUT2D eigenvalue weighted by atomic mass is 32.2. The summed E-state index contributed by atoms with van der Waals surface area (Å²) in [7, 11) is -2.17. The van der Waals surface area contributed by atoms with E-state index in [0.29, 0.717) is 19.6 Å². The Bertz CT molecular complexity index is 1540. The van der Waals surface area contributed by atoms with Crippen LogP contribution < -0.4 is 0 Å². The zero-order valence-electron chi connectivity index (χ0n) is 21.8. The Morgan fingerprint density at radius 2 is 1.78 bits per heavy atom. The van der Waals surface area contributed by atoms with Crippen molar-refractivity contribution >= 4 is 20.9 Å². The van der Waals surface area contributed by atoms with E-state index in [1.807, 2.05) is 6.92 Å². The normalized spacial score (nSPS) is 18.1. The van der Waals surface area contributed by atoms with Gasteiger partial charge in [0.15, 0.2) is 0 Å². The second kappa shape index (κ2) is 9.30. The molecule has 2 aromatic heterocycles. The highest BCUT2D eigenvalue weighted by Gasteiger charge is 2.38. The smallest absolute Gasteiger partial charge is 0.264 e. The van der Waals surface area contributed by atoms with Gasteiger partial charge in [-0.2, -0.15) is 19.3 Å². The molecule has 1 atom stereocenters. The van der Waals surface area contributed by atoms with Gasteiger partial charge in [-0.15, -0.1) is 5.10 Å². The zero-order valence-corrected chi connectivity index (χ0v) is 22.6. The Balaban J connectivity index is 1.54. The molecule has 196 valence electrons. The predicted octanol–water partition coefficient (Wildman–Crippen LogP) is 3.70. The van der Waals surface area contributed by atoms with Crippen LogP contribution in [0.5, 0.6) is 0 Å². The number of fused-ring (bicyclic) bond motifs is 1.